The van der Waals surface area contributed by atoms with Crippen LogP contribution in [0.2, 0.25) is 0 Å². The van der Waals surface area contributed by atoms with Crippen LogP contribution >= 0.6 is 0 Å². The molecule has 6 atom stereocenters. The number of aryl methyl sites for hydroxylation is 1. The second-order valence-electron chi connectivity index (χ2n) is 8.48. The van der Waals surface area contributed by atoms with E-state index in [2.05, 4.69) is 17.9 Å². The van der Waals surface area contributed by atoms with Gasteiger partial charge in [0.05, 0.1) is 12.2 Å². The topological polar surface area (TPSA) is 87.0 Å². The van der Waals surface area contributed by atoms with Gasteiger partial charge in [0.15, 0.2) is 0 Å². The Labute approximate surface area is 173 Å². The number of para-hydroxylation sites is 1. The number of fused-ring (bicyclic) bond motifs is 3. The van der Waals surface area contributed by atoms with Gasteiger partial charge in [-0.1, -0.05) is 25.1 Å². The van der Waals surface area contributed by atoms with Crippen LogP contribution in [0.25, 0.3) is 0 Å². The maximum absolute atomic E-state index is 10.8. The predicted octanol–water partition coefficient (Wildman–Crippen LogP) is 3.51. The molecule has 0 aromatic heterocycles. The summed E-state index contributed by atoms with van der Waals surface area (Å²) in [6, 6.07) is 6.08. The van der Waals surface area contributed by atoms with E-state index in [0.717, 1.165) is 23.3 Å². The SMILES string of the molecule is CC#CC[C@H](C)[C@H](O)CCC1[C@H](O)C[C@@H]2Oc3c(CCCC(=O)O)cccc3[C@H]12. The Morgan fingerprint density at radius 2 is 2.17 bits per heavy atom. The lowest BCUT2D eigenvalue weighted by Crippen LogP contribution is -2.23. The average molecular weight is 401 g/mol. The monoisotopic (exact) mass is 400 g/mol. The van der Waals surface area contributed by atoms with Gasteiger partial charge in [-0.05, 0) is 50.0 Å². The van der Waals surface area contributed by atoms with Crippen LogP contribution in [0.15, 0.2) is 18.2 Å². The zero-order valence-corrected chi connectivity index (χ0v) is 17.3. The van der Waals surface area contributed by atoms with Crippen molar-refractivity contribution in [1.29, 1.82) is 0 Å². The van der Waals surface area contributed by atoms with Crippen molar-refractivity contribution in [3.8, 4) is 17.6 Å². The molecule has 3 rings (SSSR count). The van der Waals surface area contributed by atoms with Crippen molar-refractivity contribution in [2.75, 3.05) is 0 Å². The van der Waals surface area contributed by atoms with E-state index in [1.54, 1.807) is 0 Å². The largest absolute Gasteiger partial charge is 0.489 e. The average Bonchev–Trinajstić information content (AvgIpc) is 3.19. The standard InChI is InChI=1S/C24H32O5/c1-3-4-7-15(2)19(25)13-12-17-20(26)14-21-23(17)18-10-5-8-16(24(18)29-21)9-6-11-22(27)28/h5,8,10,15,17,19-21,23,25-26H,6-7,9,11-14H2,1-2H3,(H,27,28)/t15-,17?,19+,20+,21-,23-/m0/s1. The second kappa shape index (κ2) is 9.65. The molecule has 1 saturated carbocycles. The molecule has 2 aliphatic rings. The number of rotatable bonds is 9. The first-order valence-electron chi connectivity index (χ1n) is 10.7. The highest BCUT2D eigenvalue weighted by Gasteiger charge is 2.49. The third-order valence-corrected chi connectivity index (χ3v) is 6.48. The molecular weight excluding hydrogens is 368 g/mol. The number of carbonyl (C=O) groups is 1. The van der Waals surface area contributed by atoms with Crippen LogP contribution in [0, 0.1) is 23.7 Å². The van der Waals surface area contributed by atoms with Gasteiger partial charge in [0, 0.05) is 30.7 Å². The number of carboxylic acid groups (broad SMARTS) is 1. The number of benzene rings is 1. The zero-order valence-electron chi connectivity index (χ0n) is 17.3. The zero-order chi connectivity index (χ0) is 21.0. The number of aliphatic hydroxyl groups is 2. The van der Waals surface area contributed by atoms with Crippen LogP contribution < -0.4 is 4.74 Å². The summed E-state index contributed by atoms with van der Waals surface area (Å²) in [4.78, 5) is 10.8. The first-order valence-corrected chi connectivity index (χ1v) is 10.7. The van der Waals surface area contributed by atoms with Crippen molar-refractivity contribution in [3.05, 3.63) is 29.3 Å². The molecule has 1 aromatic carbocycles. The lowest BCUT2D eigenvalue weighted by molar-refractivity contribution is -0.137. The number of aliphatic carboxylic acids is 1. The number of aliphatic hydroxyl groups excluding tert-OH is 2. The van der Waals surface area contributed by atoms with Gasteiger partial charge in [-0.25, -0.2) is 0 Å². The Hall–Kier alpha value is -2.03. The van der Waals surface area contributed by atoms with Gasteiger partial charge in [0.1, 0.15) is 11.9 Å². The van der Waals surface area contributed by atoms with Crippen molar-refractivity contribution in [3.63, 3.8) is 0 Å². The summed E-state index contributed by atoms with van der Waals surface area (Å²) in [5, 5.41) is 30.0. The highest BCUT2D eigenvalue weighted by Crippen LogP contribution is 2.53. The number of carboxylic acids is 1. The van der Waals surface area contributed by atoms with Crippen LogP contribution in [-0.4, -0.2) is 39.6 Å². The summed E-state index contributed by atoms with van der Waals surface area (Å²) >= 11 is 0. The van der Waals surface area contributed by atoms with Crippen molar-refractivity contribution >= 4 is 5.97 Å². The normalized spacial score (nSPS) is 26.6. The van der Waals surface area contributed by atoms with Crippen LogP contribution in [0.1, 0.15) is 69.4 Å². The van der Waals surface area contributed by atoms with Crippen molar-refractivity contribution in [1.82, 2.24) is 0 Å². The molecule has 0 radical (unpaired) electrons. The highest BCUT2D eigenvalue weighted by molar-refractivity contribution is 5.66. The predicted molar refractivity (Wildman–Crippen MR) is 111 cm³/mol. The molecule has 1 aliphatic heterocycles. The number of ether oxygens (including phenoxy) is 1. The first kappa shape index (κ1) is 21.7. The first-order chi connectivity index (χ1) is 13.9. The molecule has 1 aromatic rings. The molecule has 0 spiro atoms. The summed E-state index contributed by atoms with van der Waals surface area (Å²) in [5.74, 6) is 6.33. The van der Waals surface area contributed by atoms with Gasteiger partial charge < -0.3 is 20.1 Å². The van der Waals surface area contributed by atoms with E-state index in [1.165, 1.54) is 0 Å². The van der Waals surface area contributed by atoms with Crippen LogP contribution in [-0.2, 0) is 11.2 Å². The fourth-order valence-corrected chi connectivity index (χ4v) is 4.83. The van der Waals surface area contributed by atoms with E-state index in [0.29, 0.717) is 32.1 Å². The Morgan fingerprint density at radius 3 is 2.90 bits per heavy atom. The highest BCUT2D eigenvalue weighted by atomic mass is 16.5. The molecule has 1 heterocycles. The van der Waals surface area contributed by atoms with E-state index >= 15 is 0 Å². The van der Waals surface area contributed by atoms with Gasteiger partial charge in [-0.15, -0.1) is 11.8 Å². The number of hydrogen-bond acceptors (Lipinski definition) is 4. The fourth-order valence-electron chi connectivity index (χ4n) is 4.83. The summed E-state index contributed by atoms with van der Waals surface area (Å²) < 4.78 is 6.24. The molecule has 0 saturated heterocycles. The minimum atomic E-state index is -0.781. The lowest BCUT2D eigenvalue weighted by atomic mass is 9.82. The summed E-state index contributed by atoms with van der Waals surface area (Å²) in [5.41, 5.74) is 2.18. The maximum Gasteiger partial charge on any atom is 0.303 e. The maximum atomic E-state index is 10.8. The third-order valence-electron chi connectivity index (χ3n) is 6.48. The summed E-state index contributed by atoms with van der Waals surface area (Å²) in [6.45, 7) is 3.82. The smallest absolute Gasteiger partial charge is 0.303 e. The molecule has 5 heteroatoms. The Kier molecular flexibility index (Phi) is 7.21. The van der Waals surface area contributed by atoms with Gasteiger partial charge in [-0.3, -0.25) is 4.79 Å². The molecule has 5 nitrogen and oxygen atoms in total. The molecule has 0 bridgehead atoms. The molecule has 3 N–H and O–H groups in total. The van der Waals surface area contributed by atoms with E-state index in [4.69, 9.17) is 9.84 Å². The van der Waals surface area contributed by atoms with Gasteiger partial charge in [0.2, 0.25) is 0 Å². The van der Waals surface area contributed by atoms with Crippen molar-refractivity contribution in [2.45, 2.75) is 83.0 Å². The van der Waals surface area contributed by atoms with Crippen LogP contribution in [0.4, 0.5) is 0 Å². The van der Waals surface area contributed by atoms with E-state index in [-0.39, 0.29) is 30.3 Å². The Balaban J connectivity index is 1.68. The minimum Gasteiger partial charge on any atom is -0.489 e. The van der Waals surface area contributed by atoms with Crippen molar-refractivity contribution in [2.24, 2.45) is 11.8 Å². The van der Waals surface area contributed by atoms with Crippen LogP contribution in [0.5, 0.6) is 5.75 Å². The quantitative estimate of drug-likeness (QED) is 0.552. The molecule has 158 valence electrons. The Morgan fingerprint density at radius 1 is 1.38 bits per heavy atom. The van der Waals surface area contributed by atoms with Gasteiger partial charge in [-0.2, -0.15) is 0 Å². The van der Waals surface area contributed by atoms with Crippen LogP contribution in [0.3, 0.4) is 0 Å². The summed E-state index contributed by atoms with van der Waals surface area (Å²) in [7, 11) is 0. The Bertz CT molecular complexity index is 777. The number of hydrogen-bond donors (Lipinski definition) is 3. The molecule has 1 unspecified atom stereocenters. The molecule has 29 heavy (non-hydrogen) atoms. The van der Waals surface area contributed by atoms with Crippen molar-refractivity contribution < 1.29 is 24.9 Å². The van der Waals surface area contributed by atoms with E-state index in [1.807, 2.05) is 26.0 Å². The lowest BCUT2D eigenvalue weighted by Gasteiger charge is -2.24. The van der Waals surface area contributed by atoms with Gasteiger partial charge in [0.25, 0.3) is 0 Å². The van der Waals surface area contributed by atoms with Gasteiger partial charge >= 0.3 is 5.97 Å². The van der Waals surface area contributed by atoms with E-state index < -0.39 is 18.2 Å². The summed E-state index contributed by atoms with van der Waals surface area (Å²) in [6.07, 6.45) is 3.21. The minimum absolute atomic E-state index is 0.0360. The molecule has 1 aliphatic carbocycles. The molecule has 1 fully saturated rings. The molecule has 0 amide bonds. The molecular formula is C24H32O5. The second-order valence-corrected chi connectivity index (χ2v) is 8.48. The van der Waals surface area contributed by atoms with E-state index in [9.17, 15) is 15.0 Å². The third kappa shape index (κ3) is 4.94. The fraction of sp³-hybridized carbons (Fsp3) is 0.625.